The van der Waals surface area contributed by atoms with Gasteiger partial charge in [0.05, 0.1) is 0 Å². The van der Waals surface area contributed by atoms with Crippen LogP contribution in [0.3, 0.4) is 0 Å². The summed E-state index contributed by atoms with van der Waals surface area (Å²) in [6, 6.07) is 1.18. The molecule has 0 aliphatic carbocycles. The first-order valence-corrected chi connectivity index (χ1v) is 3.40. The van der Waals surface area contributed by atoms with Crippen LogP contribution in [0.25, 0.3) is 0 Å². The molecule has 0 bridgehead atoms. The fourth-order valence-corrected chi connectivity index (χ4v) is 1.14. The summed E-state index contributed by atoms with van der Waals surface area (Å²) in [5, 5.41) is 0. The van der Waals surface area contributed by atoms with E-state index >= 15 is 0 Å². The Morgan fingerprint density at radius 1 is 2.00 bits per heavy atom. The molecule has 0 saturated carbocycles. The van der Waals surface area contributed by atoms with Gasteiger partial charge in [0.15, 0.2) is 9.31 Å². The Morgan fingerprint density at radius 3 is 3.00 bits per heavy atom. The monoisotopic (exact) mass is 101 g/mol. The van der Waals surface area contributed by atoms with Gasteiger partial charge in [0.2, 0.25) is 0 Å². The van der Waals surface area contributed by atoms with Crippen LogP contribution in [0, 0.1) is 0 Å². The van der Waals surface area contributed by atoms with Crippen molar-refractivity contribution < 1.29 is 4.84 Å². The van der Waals surface area contributed by atoms with Crippen LogP contribution in [0.2, 0.25) is 6.04 Å². The summed E-state index contributed by atoms with van der Waals surface area (Å²) in [6.45, 7) is 2.05. The maximum absolute atomic E-state index is 4.81. The van der Waals surface area contributed by atoms with Gasteiger partial charge in [-0.25, -0.2) is 0 Å². The zero-order valence-electron chi connectivity index (χ0n) is 3.72. The van der Waals surface area contributed by atoms with E-state index in [0.29, 0.717) is 15.4 Å². The molecule has 0 spiro atoms. The van der Waals surface area contributed by atoms with Crippen molar-refractivity contribution in [2.75, 3.05) is 0 Å². The molecule has 3 heteroatoms. The van der Waals surface area contributed by atoms with Crippen molar-refractivity contribution in [1.29, 1.82) is 0 Å². The van der Waals surface area contributed by atoms with E-state index in [4.69, 9.17) is 4.84 Å². The smallest absolute Gasteiger partial charge is 0.168 e. The Balaban J connectivity index is 2.32. The summed E-state index contributed by atoms with van der Waals surface area (Å²) in [6.07, 6.45) is 0.417. The molecule has 0 saturated heterocycles. The maximum Gasteiger partial charge on any atom is 0.168 e. The van der Waals surface area contributed by atoms with Crippen LogP contribution in [-0.2, 0) is 4.84 Å². The van der Waals surface area contributed by atoms with E-state index in [-0.39, 0.29) is 0 Å². The first-order valence-electron chi connectivity index (χ1n) is 2.07. The van der Waals surface area contributed by atoms with E-state index in [1.54, 1.807) is 0 Å². The molecule has 1 aliphatic rings. The van der Waals surface area contributed by atoms with Gasteiger partial charge in [-0.1, -0.05) is 0 Å². The lowest BCUT2D eigenvalue weighted by molar-refractivity contribution is 0.105. The second kappa shape index (κ2) is 1.51. The molecular weight excluding hydrogens is 94.1 g/mol. The van der Waals surface area contributed by atoms with Crippen molar-refractivity contribution >= 4 is 9.31 Å². The van der Waals surface area contributed by atoms with Crippen LogP contribution in [0.1, 0.15) is 6.92 Å². The highest BCUT2D eigenvalue weighted by Gasteiger charge is 2.03. The molecule has 1 rings (SSSR count). The lowest BCUT2D eigenvalue weighted by Gasteiger charge is -1.94. The molecule has 6 heavy (non-hydrogen) atoms. The zero-order valence-corrected chi connectivity index (χ0v) is 4.87. The Hall–Kier alpha value is -0.183. The highest BCUT2D eigenvalue weighted by molar-refractivity contribution is 6.22. The standard InChI is InChI=1S/C3H7NOSi/c1-3-2-6-4-5-3/h3,6H,2H2,1H3. The van der Waals surface area contributed by atoms with E-state index in [0.717, 1.165) is 0 Å². The first-order chi connectivity index (χ1) is 2.89. The van der Waals surface area contributed by atoms with Crippen molar-refractivity contribution in [3.63, 3.8) is 0 Å². The van der Waals surface area contributed by atoms with Crippen molar-refractivity contribution in [1.82, 2.24) is 0 Å². The van der Waals surface area contributed by atoms with Crippen molar-refractivity contribution in [2.24, 2.45) is 4.80 Å². The summed E-state index contributed by atoms with van der Waals surface area (Å²) in [7, 11) is 0.295. The number of rotatable bonds is 0. The van der Waals surface area contributed by atoms with E-state index in [2.05, 4.69) is 4.80 Å². The third-order valence-electron chi connectivity index (χ3n) is 0.753. The molecule has 1 atom stereocenters. The molecule has 1 heterocycles. The minimum absolute atomic E-state index is 0.295. The van der Waals surface area contributed by atoms with Crippen LogP contribution < -0.4 is 0 Å². The second-order valence-corrected chi connectivity index (χ2v) is 2.49. The van der Waals surface area contributed by atoms with Gasteiger partial charge in [-0.3, -0.25) is 0 Å². The molecule has 0 aromatic carbocycles. The molecule has 34 valence electrons. The third-order valence-corrected chi connectivity index (χ3v) is 1.90. The average molecular weight is 101 g/mol. The van der Waals surface area contributed by atoms with E-state index in [1.165, 1.54) is 6.04 Å². The van der Waals surface area contributed by atoms with Crippen LogP contribution in [-0.4, -0.2) is 15.4 Å². The second-order valence-electron chi connectivity index (χ2n) is 1.44. The Morgan fingerprint density at radius 2 is 2.83 bits per heavy atom. The van der Waals surface area contributed by atoms with Gasteiger partial charge < -0.3 is 4.84 Å². The summed E-state index contributed by atoms with van der Waals surface area (Å²) < 4.78 is 0. The lowest BCUT2D eigenvalue weighted by Crippen LogP contribution is -1.93. The quantitative estimate of drug-likeness (QED) is 0.404. The lowest BCUT2D eigenvalue weighted by atomic mass is 10.5. The fraction of sp³-hybridized carbons (Fsp3) is 1.00. The van der Waals surface area contributed by atoms with Gasteiger partial charge in [0, 0.05) is 6.04 Å². The molecule has 1 aliphatic heterocycles. The van der Waals surface area contributed by atoms with Gasteiger partial charge in [0.25, 0.3) is 0 Å². The largest absolute Gasteiger partial charge is 0.404 e. The van der Waals surface area contributed by atoms with Crippen LogP contribution in [0.4, 0.5) is 0 Å². The topological polar surface area (TPSA) is 21.6 Å². The van der Waals surface area contributed by atoms with Gasteiger partial charge >= 0.3 is 0 Å². The van der Waals surface area contributed by atoms with Gasteiger partial charge in [-0.2, -0.15) is 4.80 Å². The summed E-state index contributed by atoms with van der Waals surface area (Å²) in [4.78, 5) is 8.56. The third kappa shape index (κ3) is 0.652. The molecular formula is C3H7NOSi. The Labute approximate surface area is 39.0 Å². The highest BCUT2D eigenvalue weighted by Crippen LogP contribution is 2.01. The first kappa shape index (κ1) is 3.99. The minimum Gasteiger partial charge on any atom is -0.404 e. The average Bonchev–Trinajstić information content (AvgIpc) is 1.86. The molecule has 2 nitrogen and oxygen atoms in total. The normalized spacial score (nSPS) is 30.5. The zero-order chi connectivity index (χ0) is 4.41. The van der Waals surface area contributed by atoms with Gasteiger partial charge in [-0.05, 0) is 6.92 Å². The van der Waals surface area contributed by atoms with E-state index in [9.17, 15) is 0 Å². The summed E-state index contributed by atoms with van der Waals surface area (Å²) >= 11 is 0. The molecule has 0 fully saturated rings. The van der Waals surface area contributed by atoms with Crippen LogP contribution in [0.5, 0.6) is 0 Å². The minimum atomic E-state index is 0.295. The highest BCUT2D eigenvalue weighted by atomic mass is 28.2. The Kier molecular flexibility index (Phi) is 1.00. The number of nitrogens with zero attached hydrogens (tertiary/aromatic N) is 1. The van der Waals surface area contributed by atoms with Crippen LogP contribution in [0.15, 0.2) is 4.80 Å². The molecule has 0 N–H and O–H groups in total. The summed E-state index contributed by atoms with van der Waals surface area (Å²) in [5.74, 6) is 0. The van der Waals surface area contributed by atoms with Crippen molar-refractivity contribution in [3.05, 3.63) is 0 Å². The predicted molar refractivity (Wildman–Crippen MR) is 24.9 cm³/mol. The fourth-order valence-electron chi connectivity index (χ4n) is 0.381. The van der Waals surface area contributed by atoms with E-state index < -0.39 is 0 Å². The maximum atomic E-state index is 4.81. The molecule has 0 aromatic heterocycles. The van der Waals surface area contributed by atoms with Crippen molar-refractivity contribution in [2.45, 2.75) is 19.1 Å². The molecule has 0 radical (unpaired) electrons. The van der Waals surface area contributed by atoms with Gasteiger partial charge in [0.1, 0.15) is 6.10 Å². The number of hydrogen-bond acceptors (Lipinski definition) is 2. The van der Waals surface area contributed by atoms with Gasteiger partial charge in [-0.15, -0.1) is 0 Å². The predicted octanol–water partition coefficient (Wildman–Crippen LogP) is 0.358. The van der Waals surface area contributed by atoms with Crippen molar-refractivity contribution in [3.8, 4) is 0 Å². The molecule has 0 amide bonds. The number of hydrogen-bond donors (Lipinski definition) is 0. The SMILES string of the molecule is CC1C[SiH]=NO1. The summed E-state index contributed by atoms with van der Waals surface area (Å²) in [5.41, 5.74) is 0. The molecule has 0 aromatic rings. The van der Waals surface area contributed by atoms with Crippen LogP contribution >= 0.6 is 0 Å². The van der Waals surface area contributed by atoms with E-state index in [1.807, 2.05) is 6.92 Å². The molecule has 1 unspecified atom stereocenters. The Bertz CT molecular complexity index is 65.2.